The van der Waals surface area contributed by atoms with E-state index in [9.17, 15) is 4.79 Å². The molecule has 4 rings (SSSR count). The summed E-state index contributed by atoms with van der Waals surface area (Å²) < 4.78 is 0. The van der Waals surface area contributed by atoms with E-state index in [1.165, 1.54) is 5.56 Å². The second-order valence-electron chi connectivity index (χ2n) is 8.34. The lowest BCUT2D eigenvalue weighted by atomic mass is 9.95. The number of piperidine rings is 1. The number of aromatic nitrogens is 2. The Hall–Kier alpha value is -3.21. The zero-order valence-electron chi connectivity index (χ0n) is 18.1. The average molecular weight is 415 g/mol. The molecule has 1 atom stereocenters. The fourth-order valence-corrected chi connectivity index (χ4v) is 4.09. The van der Waals surface area contributed by atoms with Gasteiger partial charge in [0.15, 0.2) is 5.82 Å². The Kier molecular flexibility index (Phi) is 6.92. The number of hydrogen-bond donors (Lipinski definition) is 1. The van der Waals surface area contributed by atoms with Crippen molar-refractivity contribution in [3.63, 3.8) is 0 Å². The molecule has 1 saturated heterocycles. The van der Waals surface area contributed by atoms with Gasteiger partial charge in [0.1, 0.15) is 0 Å². The normalized spacial score (nSPS) is 15.5. The number of nitrogens with one attached hydrogen (secondary N) is 1. The fourth-order valence-electron chi connectivity index (χ4n) is 4.09. The molecule has 5 nitrogen and oxygen atoms in total. The first-order valence-corrected chi connectivity index (χ1v) is 11.2. The third-order valence-corrected chi connectivity index (χ3v) is 6.01. The Morgan fingerprint density at radius 2 is 1.65 bits per heavy atom. The third-order valence-electron chi connectivity index (χ3n) is 6.01. The smallest absolute Gasteiger partial charge is 0.223 e. The van der Waals surface area contributed by atoms with Gasteiger partial charge in [-0.2, -0.15) is 0 Å². The number of carbonyl (C=O) groups is 1. The van der Waals surface area contributed by atoms with Crippen LogP contribution in [-0.2, 0) is 11.2 Å². The van der Waals surface area contributed by atoms with Gasteiger partial charge in [0.2, 0.25) is 5.91 Å². The Morgan fingerprint density at radius 1 is 0.968 bits per heavy atom. The van der Waals surface area contributed by atoms with Crippen molar-refractivity contribution in [1.29, 1.82) is 0 Å². The molecule has 0 radical (unpaired) electrons. The predicted octanol–water partition coefficient (Wildman–Crippen LogP) is 4.50. The summed E-state index contributed by atoms with van der Waals surface area (Å²) >= 11 is 0. The summed E-state index contributed by atoms with van der Waals surface area (Å²) in [6.07, 6.45) is 3.63. The van der Waals surface area contributed by atoms with Crippen molar-refractivity contribution in [2.24, 2.45) is 5.92 Å². The molecular formula is C26H30N4O. The van der Waals surface area contributed by atoms with Crippen LogP contribution in [0.4, 0.5) is 5.82 Å². The third kappa shape index (κ3) is 5.69. The summed E-state index contributed by atoms with van der Waals surface area (Å²) in [5.41, 5.74) is 3.26. The van der Waals surface area contributed by atoms with Crippen molar-refractivity contribution in [3.05, 3.63) is 78.4 Å². The van der Waals surface area contributed by atoms with Crippen molar-refractivity contribution < 1.29 is 4.79 Å². The number of amides is 1. The van der Waals surface area contributed by atoms with Crippen molar-refractivity contribution in [2.75, 3.05) is 18.0 Å². The molecule has 2 aromatic carbocycles. The standard InChI is InChI=1S/C26H30N4O/c1-20(12-13-21-8-4-2-5-9-21)27-26(31)23-16-18-30(19-17-23)25-15-14-24(28-29-25)22-10-6-3-7-11-22/h2-11,14-15,20,23H,12-13,16-19H2,1H3,(H,27,31)/t20-/m0/s1. The van der Waals surface area contributed by atoms with Crippen LogP contribution in [0.1, 0.15) is 31.7 Å². The van der Waals surface area contributed by atoms with E-state index in [-0.39, 0.29) is 17.9 Å². The molecule has 1 aromatic heterocycles. The first kappa shape index (κ1) is 21.0. The van der Waals surface area contributed by atoms with Gasteiger partial charge >= 0.3 is 0 Å². The second-order valence-corrected chi connectivity index (χ2v) is 8.34. The van der Waals surface area contributed by atoms with E-state index in [1.54, 1.807) is 0 Å². The highest BCUT2D eigenvalue weighted by molar-refractivity contribution is 5.79. The van der Waals surface area contributed by atoms with Crippen LogP contribution in [0.3, 0.4) is 0 Å². The molecule has 0 unspecified atom stereocenters. The summed E-state index contributed by atoms with van der Waals surface area (Å²) in [6.45, 7) is 3.76. The highest BCUT2D eigenvalue weighted by Crippen LogP contribution is 2.23. The van der Waals surface area contributed by atoms with E-state index in [1.807, 2.05) is 48.5 Å². The molecule has 160 valence electrons. The van der Waals surface area contributed by atoms with Crippen LogP contribution in [0.15, 0.2) is 72.8 Å². The van der Waals surface area contributed by atoms with Gasteiger partial charge in [-0.25, -0.2) is 0 Å². The van der Waals surface area contributed by atoms with Crippen LogP contribution < -0.4 is 10.2 Å². The van der Waals surface area contributed by atoms with Gasteiger partial charge in [-0.3, -0.25) is 4.79 Å². The SMILES string of the molecule is C[C@@H](CCc1ccccc1)NC(=O)C1CCN(c2ccc(-c3ccccc3)nn2)CC1. The number of hydrogen-bond acceptors (Lipinski definition) is 4. The fraction of sp³-hybridized carbons (Fsp3) is 0.346. The molecule has 2 heterocycles. The van der Waals surface area contributed by atoms with Gasteiger partial charge in [-0.05, 0) is 50.3 Å². The van der Waals surface area contributed by atoms with Crippen LogP contribution in [-0.4, -0.2) is 35.2 Å². The summed E-state index contributed by atoms with van der Waals surface area (Å²) in [6, 6.07) is 24.7. The van der Waals surface area contributed by atoms with Gasteiger partial charge in [0.05, 0.1) is 5.69 Å². The van der Waals surface area contributed by atoms with Gasteiger partial charge < -0.3 is 10.2 Å². The van der Waals surface area contributed by atoms with Gasteiger partial charge in [-0.1, -0.05) is 60.7 Å². The Balaban J connectivity index is 1.24. The van der Waals surface area contributed by atoms with E-state index in [0.29, 0.717) is 0 Å². The lowest BCUT2D eigenvalue weighted by Crippen LogP contribution is -2.43. The van der Waals surface area contributed by atoms with E-state index in [0.717, 1.165) is 55.8 Å². The first-order valence-electron chi connectivity index (χ1n) is 11.2. The minimum Gasteiger partial charge on any atom is -0.355 e. The minimum atomic E-state index is 0.0759. The van der Waals surface area contributed by atoms with Crippen LogP contribution in [0, 0.1) is 5.92 Å². The highest BCUT2D eigenvalue weighted by atomic mass is 16.1. The minimum absolute atomic E-state index is 0.0759. The van der Waals surface area contributed by atoms with E-state index in [2.05, 4.69) is 51.6 Å². The Bertz CT molecular complexity index is 952. The number of carbonyl (C=O) groups excluding carboxylic acids is 1. The summed E-state index contributed by atoms with van der Waals surface area (Å²) in [7, 11) is 0. The number of nitrogens with zero attached hydrogens (tertiary/aromatic N) is 3. The molecule has 1 aliphatic rings. The first-order chi connectivity index (χ1) is 15.2. The maximum absolute atomic E-state index is 12.7. The Labute approximate surface area is 184 Å². The molecule has 1 aliphatic heterocycles. The van der Waals surface area contributed by atoms with Crippen LogP contribution in [0.5, 0.6) is 0 Å². The highest BCUT2D eigenvalue weighted by Gasteiger charge is 2.26. The number of anilines is 1. The molecule has 3 aromatic rings. The van der Waals surface area contributed by atoms with Crippen molar-refractivity contribution >= 4 is 11.7 Å². The summed E-state index contributed by atoms with van der Waals surface area (Å²) in [5, 5.41) is 12.0. The van der Waals surface area contributed by atoms with E-state index >= 15 is 0 Å². The molecule has 0 bridgehead atoms. The van der Waals surface area contributed by atoms with Gasteiger partial charge in [0, 0.05) is 30.6 Å². The van der Waals surface area contributed by atoms with Crippen molar-refractivity contribution in [1.82, 2.24) is 15.5 Å². The molecule has 0 saturated carbocycles. The Morgan fingerprint density at radius 3 is 2.29 bits per heavy atom. The molecular weight excluding hydrogens is 384 g/mol. The van der Waals surface area contributed by atoms with Crippen LogP contribution in [0.2, 0.25) is 0 Å². The number of aryl methyl sites for hydroxylation is 1. The number of rotatable bonds is 7. The molecule has 1 amide bonds. The van der Waals surface area contributed by atoms with Crippen molar-refractivity contribution in [2.45, 2.75) is 38.6 Å². The molecule has 1 fully saturated rings. The topological polar surface area (TPSA) is 58.1 Å². The lowest BCUT2D eigenvalue weighted by Gasteiger charge is -2.32. The molecule has 0 spiro atoms. The van der Waals surface area contributed by atoms with Crippen LogP contribution in [0.25, 0.3) is 11.3 Å². The quantitative estimate of drug-likeness (QED) is 0.619. The zero-order valence-corrected chi connectivity index (χ0v) is 18.1. The average Bonchev–Trinajstić information content (AvgIpc) is 2.84. The predicted molar refractivity (Wildman–Crippen MR) is 125 cm³/mol. The van der Waals surface area contributed by atoms with Gasteiger partial charge in [-0.15, -0.1) is 10.2 Å². The summed E-state index contributed by atoms with van der Waals surface area (Å²) in [5.74, 6) is 1.15. The molecule has 0 aliphatic carbocycles. The maximum atomic E-state index is 12.7. The molecule has 5 heteroatoms. The molecule has 31 heavy (non-hydrogen) atoms. The monoisotopic (exact) mass is 414 g/mol. The van der Waals surface area contributed by atoms with Crippen LogP contribution >= 0.6 is 0 Å². The van der Waals surface area contributed by atoms with Crippen molar-refractivity contribution in [3.8, 4) is 11.3 Å². The van der Waals surface area contributed by atoms with E-state index in [4.69, 9.17) is 0 Å². The zero-order chi connectivity index (χ0) is 21.5. The van der Waals surface area contributed by atoms with Gasteiger partial charge in [0.25, 0.3) is 0 Å². The lowest BCUT2D eigenvalue weighted by molar-refractivity contribution is -0.126. The number of benzene rings is 2. The second kappa shape index (κ2) is 10.2. The largest absolute Gasteiger partial charge is 0.355 e. The maximum Gasteiger partial charge on any atom is 0.223 e. The van der Waals surface area contributed by atoms with E-state index < -0.39 is 0 Å². The summed E-state index contributed by atoms with van der Waals surface area (Å²) in [4.78, 5) is 14.9. The molecule has 1 N–H and O–H groups in total.